The van der Waals surface area contributed by atoms with E-state index in [0.717, 1.165) is 0 Å². The summed E-state index contributed by atoms with van der Waals surface area (Å²) >= 11 is 5.85. The van der Waals surface area contributed by atoms with E-state index in [9.17, 15) is 4.79 Å². The molecular weight excluding hydrogens is 268 g/mol. The number of anilines is 1. The van der Waals surface area contributed by atoms with Crippen LogP contribution in [0.3, 0.4) is 0 Å². The highest BCUT2D eigenvalue weighted by atomic mass is 35.5. The molecular formula is C12H19ClN4O2. The van der Waals surface area contributed by atoms with Crippen LogP contribution in [0.4, 0.5) is 5.82 Å². The molecule has 1 aromatic heterocycles. The first kappa shape index (κ1) is 15.7. The molecule has 0 aromatic carbocycles. The smallest absolute Gasteiger partial charge is 0.254 e. The van der Waals surface area contributed by atoms with Crippen LogP contribution in [0.15, 0.2) is 12.1 Å². The number of halogens is 1. The number of ether oxygens (including phenoxy) is 1. The lowest BCUT2D eigenvalue weighted by molar-refractivity contribution is 0.0669. The summed E-state index contributed by atoms with van der Waals surface area (Å²) in [6.07, 6.45) is 0. The second-order valence-corrected chi connectivity index (χ2v) is 4.18. The minimum atomic E-state index is -0.122. The molecule has 0 radical (unpaired) electrons. The number of likely N-dealkylation sites (N-methyl/N-ethyl adjacent to an activating group) is 1. The number of hydrazine groups is 1. The highest BCUT2D eigenvalue weighted by molar-refractivity contribution is 6.29. The molecule has 0 unspecified atom stereocenters. The summed E-state index contributed by atoms with van der Waals surface area (Å²) in [4.78, 5) is 17.9. The second-order valence-electron chi connectivity index (χ2n) is 3.79. The predicted molar refractivity (Wildman–Crippen MR) is 75.1 cm³/mol. The lowest BCUT2D eigenvalue weighted by Gasteiger charge is -2.21. The molecule has 0 aliphatic rings. The van der Waals surface area contributed by atoms with Crippen molar-refractivity contribution in [1.29, 1.82) is 0 Å². The summed E-state index contributed by atoms with van der Waals surface area (Å²) in [5, 5.41) is 0.222. The van der Waals surface area contributed by atoms with Gasteiger partial charge < -0.3 is 15.1 Å². The Labute approximate surface area is 117 Å². The Kier molecular flexibility index (Phi) is 6.55. The van der Waals surface area contributed by atoms with Gasteiger partial charge in [-0.25, -0.2) is 10.8 Å². The normalized spacial score (nSPS) is 10.3. The number of aromatic nitrogens is 1. The molecule has 3 N–H and O–H groups in total. The van der Waals surface area contributed by atoms with Gasteiger partial charge in [-0.2, -0.15) is 0 Å². The number of amides is 1. The van der Waals surface area contributed by atoms with Crippen LogP contribution in [0.25, 0.3) is 0 Å². The van der Waals surface area contributed by atoms with Crippen molar-refractivity contribution >= 4 is 23.3 Å². The van der Waals surface area contributed by atoms with Gasteiger partial charge in [0.1, 0.15) is 11.0 Å². The molecule has 0 saturated carbocycles. The van der Waals surface area contributed by atoms with Crippen molar-refractivity contribution in [2.75, 3.05) is 31.7 Å². The van der Waals surface area contributed by atoms with Crippen molar-refractivity contribution in [3.8, 4) is 0 Å². The average molecular weight is 287 g/mol. The molecule has 6 nitrogen and oxygen atoms in total. The van der Waals surface area contributed by atoms with Crippen LogP contribution in [-0.2, 0) is 4.74 Å². The molecule has 7 heteroatoms. The van der Waals surface area contributed by atoms with E-state index < -0.39 is 0 Å². The van der Waals surface area contributed by atoms with E-state index in [1.54, 1.807) is 11.0 Å². The molecule has 0 aliphatic heterocycles. The van der Waals surface area contributed by atoms with Gasteiger partial charge in [0.15, 0.2) is 0 Å². The Morgan fingerprint density at radius 3 is 2.84 bits per heavy atom. The quantitative estimate of drug-likeness (QED) is 0.344. The number of hydrogen-bond donors (Lipinski definition) is 2. The number of nitrogens with zero attached hydrogens (tertiary/aromatic N) is 2. The van der Waals surface area contributed by atoms with E-state index in [2.05, 4.69) is 10.4 Å². The second kappa shape index (κ2) is 7.93. The molecule has 0 spiro atoms. The van der Waals surface area contributed by atoms with Crippen LogP contribution in [0.1, 0.15) is 24.2 Å². The van der Waals surface area contributed by atoms with E-state index in [0.29, 0.717) is 37.7 Å². The van der Waals surface area contributed by atoms with Gasteiger partial charge in [0.05, 0.1) is 6.61 Å². The number of rotatable bonds is 7. The third-order valence-corrected chi connectivity index (χ3v) is 2.76. The molecule has 0 aliphatic carbocycles. The molecule has 0 atom stereocenters. The zero-order valence-corrected chi connectivity index (χ0v) is 11.9. The number of carbonyl (C=O) groups excluding carboxylic acids is 1. The molecule has 1 rings (SSSR count). The van der Waals surface area contributed by atoms with Crippen molar-refractivity contribution in [1.82, 2.24) is 9.88 Å². The summed E-state index contributed by atoms with van der Waals surface area (Å²) in [7, 11) is 0. The lowest BCUT2D eigenvalue weighted by Crippen LogP contribution is -2.34. The van der Waals surface area contributed by atoms with E-state index in [1.807, 2.05) is 13.8 Å². The van der Waals surface area contributed by atoms with Gasteiger partial charge in [-0.15, -0.1) is 0 Å². The number of nitrogens with one attached hydrogen (secondary N) is 1. The Morgan fingerprint density at radius 2 is 2.26 bits per heavy atom. The van der Waals surface area contributed by atoms with Crippen LogP contribution in [0, 0.1) is 0 Å². The largest absolute Gasteiger partial charge is 0.380 e. The molecule has 1 amide bonds. The van der Waals surface area contributed by atoms with Crippen LogP contribution in [-0.4, -0.2) is 42.1 Å². The minimum Gasteiger partial charge on any atom is -0.380 e. The Morgan fingerprint density at radius 1 is 1.53 bits per heavy atom. The van der Waals surface area contributed by atoms with Crippen LogP contribution >= 0.6 is 11.6 Å². The van der Waals surface area contributed by atoms with Crippen LogP contribution in [0.2, 0.25) is 5.15 Å². The van der Waals surface area contributed by atoms with Crippen molar-refractivity contribution in [2.24, 2.45) is 5.84 Å². The molecule has 0 saturated heterocycles. The lowest BCUT2D eigenvalue weighted by atomic mass is 10.2. The maximum atomic E-state index is 12.3. The van der Waals surface area contributed by atoms with E-state index in [4.69, 9.17) is 22.2 Å². The third kappa shape index (κ3) is 4.66. The van der Waals surface area contributed by atoms with Gasteiger partial charge in [-0.05, 0) is 26.0 Å². The van der Waals surface area contributed by atoms with Crippen molar-refractivity contribution in [3.63, 3.8) is 0 Å². The monoisotopic (exact) mass is 286 g/mol. The molecule has 1 aromatic rings. The average Bonchev–Trinajstić information content (AvgIpc) is 2.42. The van der Waals surface area contributed by atoms with Gasteiger partial charge in [-0.3, -0.25) is 4.79 Å². The summed E-state index contributed by atoms with van der Waals surface area (Å²) in [5.74, 6) is 5.51. The molecule has 0 fully saturated rings. The fourth-order valence-electron chi connectivity index (χ4n) is 1.60. The van der Waals surface area contributed by atoms with Crippen molar-refractivity contribution < 1.29 is 9.53 Å². The maximum absolute atomic E-state index is 12.3. The summed E-state index contributed by atoms with van der Waals surface area (Å²) in [6, 6.07) is 3.09. The Hall–Kier alpha value is -1.37. The highest BCUT2D eigenvalue weighted by Crippen LogP contribution is 2.15. The van der Waals surface area contributed by atoms with Gasteiger partial charge in [0.2, 0.25) is 0 Å². The van der Waals surface area contributed by atoms with Gasteiger partial charge >= 0.3 is 0 Å². The van der Waals surface area contributed by atoms with Crippen molar-refractivity contribution in [3.05, 3.63) is 22.8 Å². The zero-order chi connectivity index (χ0) is 14.3. The van der Waals surface area contributed by atoms with Crippen LogP contribution < -0.4 is 11.3 Å². The first-order valence-electron chi connectivity index (χ1n) is 6.13. The number of carbonyl (C=O) groups is 1. The number of nitrogen functional groups attached to an aromatic ring is 1. The first-order chi connectivity index (χ1) is 9.12. The fraction of sp³-hybridized carbons (Fsp3) is 0.500. The Balaban J connectivity index is 2.81. The predicted octanol–water partition coefficient (Wildman–Crippen LogP) is 1.52. The first-order valence-corrected chi connectivity index (χ1v) is 6.51. The van der Waals surface area contributed by atoms with Gasteiger partial charge in [0.25, 0.3) is 5.91 Å². The summed E-state index contributed by atoms with van der Waals surface area (Å²) < 4.78 is 5.26. The van der Waals surface area contributed by atoms with Gasteiger partial charge in [0, 0.05) is 25.3 Å². The van der Waals surface area contributed by atoms with E-state index in [-0.39, 0.29) is 11.1 Å². The van der Waals surface area contributed by atoms with Crippen molar-refractivity contribution in [2.45, 2.75) is 13.8 Å². The van der Waals surface area contributed by atoms with Gasteiger partial charge in [-0.1, -0.05) is 11.6 Å². The van der Waals surface area contributed by atoms with E-state index >= 15 is 0 Å². The highest BCUT2D eigenvalue weighted by Gasteiger charge is 2.15. The minimum absolute atomic E-state index is 0.122. The molecule has 19 heavy (non-hydrogen) atoms. The number of nitrogens with two attached hydrogens (primary N) is 1. The number of hydrogen-bond acceptors (Lipinski definition) is 5. The SMILES string of the molecule is CCOCCN(CC)C(=O)c1cc(Cl)nc(NN)c1. The molecule has 106 valence electrons. The number of pyridine rings is 1. The van der Waals surface area contributed by atoms with Crippen LogP contribution in [0.5, 0.6) is 0 Å². The summed E-state index contributed by atoms with van der Waals surface area (Å²) in [5.41, 5.74) is 2.83. The molecule has 1 heterocycles. The third-order valence-electron chi connectivity index (χ3n) is 2.57. The molecule has 0 bridgehead atoms. The van der Waals surface area contributed by atoms with E-state index in [1.165, 1.54) is 6.07 Å². The maximum Gasteiger partial charge on any atom is 0.254 e. The Bertz CT molecular complexity index is 428. The zero-order valence-electron chi connectivity index (χ0n) is 11.1. The topological polar surface area (TPSA) is 80.5 Å². The standard InChI is InChI=1S/C12H19ClN4O2/c1-3-17(5-6-19-4-2)12(18)9-7-10(13)15-11(8-9)16-14/h7-8H,3-6,14H2,1-2H3,(H,15,16). The summed E-state index contributed by atoms with van der Waals surface area (Å²) in [6.45, 7) is 6.10. The fourth-order valence-corrected chi connectivity index (χ4v) is 1.81.